The van der Waals surface area contributed by atoms with E-state index in [9.17, 15) is 9.18 Å². The number of fused-ring (bicyclic) bond motifs is 1. The van der Waals surface area contributed by atoms with Crippen LogP contribution in [-0.4, -0.2) is 15.3 Å². The molecule has 0 atom stereocenters. The van der Waals surface area contributed by atoms with Crippen LogP contribution in [-0.2, 0) is 11.2 Å². The van der Waals surface area contributed by atoms with Gasteiger partial charge in [0.2, 0.25) is 5.91 Å². The number of carbonyl (C=O) groups excluding carboxylic acids is 1. The molecule has 1 amide bonds. The summed E-state index contributed by atoms with van der Waals surface area (Å²) in [4.78, 5) is 17.9. The molecule has 0 fully saturated rings. The van der Waals surface area contributed by atoms with Crippen LogP contribution in [0.1, 0.15) is 22.4 Å². The second-order valence-corrected chi connectivity index (χ2v) is 7.83. The van der Waals surface area contributed by atoms with Gasteiger partial charge in [0, 0.05) is 28.5 Å². The van der Waals surface area contributed by atoms with Crippen molar-refractivity contribution in [2.24, 2.45) is 0 Å². The summed E-state index contributed by atoms with van der Waals surface area (Å²) in [6, 6.07) is 11.0. The summed E-state index contributed by atoms with van der Waals surface area (Å²) in [6.45, 7) is 5.86. The van der Waals surface area contributed by atoms with Crippen LogP contribution in [0.15, 0.2) is 48.0 Å². The van der Waals surface area contributed by atoms with Crippen LogP contribution in [0.4, 0.5) is 10.1 Å². The number of carbonyl (C=O) groups is 1. The van der Waals surface area contributed by atoms with Crippen LogP contribution in [0.3, 0.4) is 0 Å². The molecule has 0 radical (unpaired) electrons. The monoisotopic (exact) mass is 429 g/mol. The third-order valence-corrected chi connectivity index (χ3v) is 5.77. The lowest BCUT2D eigenvalue weighted by Crippen LogP contribution is -2.15. The maximum atomic E-state index is 13.7. The minimum Gasteiger partial charge on any atom is -0.326 e. The van der Waals surface area contributed by atoms with Crippen LogP contribution in [0.5, 0.6) is 0 Å². The van der Waals surface area contributed by atoms with Crippen LogP contribution < -0.4 is 5.32 Å². The number of amides is 1. The summed E-state index contributed by atoms with van der Waals surface area (Å²) >= 11 is 1.50. The van der Waals surface area contributed by atoms with Gasteiger partial charge in [-0.15, -0.1) is 23.7 Å². The fourth-order valence-electron chi connectivity index (χ4n) is 3.04. The number of aryl methyl sites for hydroxylation is 3. The number of nitrogens with zero attached hydrogens (tertiary/aromatic N) is 2. The highest BCUT2D eigenvalue weighted by atomic mass is 35.5. The van der Waals surface area contributed by atoms with Gasteiger partial charge in [-0.05, 0) is 55.7 Å². The topological polar surface area (TPSA) is 46.4 Å². The molecule has 0 spiro atoms. The first-order chi connectivity index (χ1) is 13.4. The van der Waals surface area contributed by atoms with E-state index in [2.05, 4.69) is 42.3 Å². The highest BCUT2D eigenvalue weighted by Gasteiger charge is 2.13. The van der Waals surface area contributed by atoms with Crippen molar-refractivity contribution in [1.82, 2.24) is 9.38 Å². The molecule has 0 aliphatic carbocycles. The van der Waals surface area contributed by atoms with Gasteiger partial charge in [0.05, 0.1) is 12.1 Å². The normalized spacial score (nSPS) is 10.8. The van der Waals surface area contributed by atoms with E-state index in [-0.39, 0.29) is 30.6 Å². The number of anilines is 1. The zero-order valence-corrected chi connectivity index (χ0v) is 18.0. The van der Waals surface area contributed by atoms with Crippen molar-refractivity contribution in [3.63, 3.8) is 0 Å². The molecule has 1 N–H and O–H groups in total. The van der Waals surface area contributed by atoms with Gasteiger partial charge in [0.15, 0.2) is 4.96 Å². The third kappa shape index (κ3) is 4.33. The summed E-state index contributed by atoms with van der Waals surface area (Å²) in [5.74, 6) is -0.521. The molecule has 0 aliphatic rings. The second kappa shape index (κ2) is 8.35. The molecule has 4 rings (SSSR count). The van der Waals surface area contributed by atoms with Crippen molar-refractivity contribution in [2.45, 2.75) is 27.2 Å². The van der Waals surface area contributed by atoms with Crippen molar-refractivity contribution >= 4 is 40.3 Å². The van der Waals surface area contributed by atoms with Crippen LogP contribution in [0, 0.1) is 26.6 Å². The Morgan fingerprint density at radius 2 is 1.86 bits per heavy atom. The Bertz CT molecular complexity index is 1200. The number of hydrogen-bond acceptors (Lipinski definition) is 3. The Morgan fingerprint density at radius 1 is 1.10 bits per heavy atom. The predicted octanol–water partition coefficient (Wildman–Crippen LogP) is 5.73. The van der Waals surface area contributed by atoms with E-state index in [0.29, 0.717) is 11.3 Å². The first-order valence-corrected chi connectivity index (χ1v) is 9.88. The van der Waals surface area contributed by atoms with Gasteiger partial charge in [-0.2, -0.15) is 0 Å². The lowest BCUT2D eigenvalue weighted by molar-refractivity contribution is -0.115. The molecule has 0 unspecified atom stereocenters. The molecule has 4 aromatic rings. The lowest BCUT2D eigenvalue weighted by atomic mass is 10.0. The number of rotatable bonds is 4. The Hall–Kier alpha value is -2.70. The van der Waals surface area contributed by atoms with Crippen molar-refractivity contribution in [2.75, 3.05) is 5.32 Å². The molecule has 0 aliphatic heterocycles. The fraction of sp³-hybridized carbons (Fsp3) is 0.182. The second-order valence-electron chi connectivity index (χ2n) is 6.99. The molecule has 2 aromatic heterocycles. The van der Waals surface area contributed by atoms with Crippen molar-refractivity contribution in [1.29, 1.82) is 0 Å². The Labute approximate surface area is 178 Å². The Morgan fingerprint density at radius 3 is 2.59 bits per heavy atom. The summed E-state index contributed by atoms with van der Waals surface area (Å²) in [7, 11) is 0. The molecular weight excluding hydrogens is 409 g/mol. The summed E-state index contributed by atoms with van der Waals surface area (Å²) in [5.41, 5.74) is 6.28. The van der Waals surface area contributed by atoms with Crippen molar-refractivity contribution in [3.05, 3.63) is 76.2 Å². The number of thiazole rings is 1. The molecule has 4 nitrogen and oxygen atoms in total. The molecule has 0 bridgehead atoms. The predicted molar refractivity (Wildman–Crippen MR) is 119 cm³/mol. The number of benzene rings is 2. The molecule has 150 valence electrons. The number of nitrogens with one attached hydrogen (secondary N) is 1. The van der Waals surface area contributed by atoms with Gasteiger partial charge >= 0.3 is 0 Å². The van der Waals surface area contributed by atoms with Gasteiger partial charge < -0.3 is 5.32 Å². The first kappa shape index (κ1) is 21.0. The quantitative estimate of drug-likeness (QED) is 0.450. The zero-order valence-electron chi connectivity index (χ0n) is 16.3. The fourth-order valence-corrected chi connectivity index (χ4v) is 3.91. The molecular formula is C22H21ClFN3OS. The van der Waals surface area contributed by atoms with Crippen LogP contribution >= 0.6 is 23.7 Å². The SMILES string of the molecule is Cc1ccc(-c2cn3c(CC(=O)Nc4ccc(C)c(F)c4)csc3n2)cc1C.Cl. The zero-order chi connectivity index (χ0) is 19.8. The van der Waals surface area contributed by atoms with E-state index in [1.807, 2.05) is 16.0 Å². The highest BCUT2D eigenvalue weighted by Crippen LogP contribution is 2.25. The van der Waals surface area contributed by atoms with E-state index < -0.39 is 0 Å². The standard InChI is InChI=1S/C22H20FN3OS.ClH/c1-13-4-6-16(8-15(13)3)20-11-26-18(12-28-22(26)25-20)10-21(27)24-17-7-5-14(2)19(23)9-17;/h4-9,11-12H,10H2,1-3H3,(H,24,27);1H. The van der Waals surface area contributed by atoms with E-state index in [1.165, 1.54) is 28.5 Å². The lowest BCUT2D eigenvalue weighted by Gasteiger charge is -2.06. The maximum Gasteiger partial charge on any atom is 0.230 e. The third-order valence-electron chi connectivity index (χ3n) is 4.88. The summed E-state index contributed by atoms with van der Waals surface area (Å²) in [6.07, 6.45) is 2.16. The summed E-state index contributed by atoms with van der Waals surface area (Å²) in [5, 5.41) is 4.69. The molecule has 0 saturated carbocycles. The van der Waals surface area contributed by atoms with Crippen molar-refractivity contribution in [3.8, 4) is 11.3 Å². The molecule has 0 saturated heterocycles. The van der Waals surface area contributed by atoms with Gasteiger partial charge in [-0.25, -0.2) is 9.37 Å². The molecule has 29 heavy (non-hydrogen) atoms. The van der Waals surface area contributed by atoms with Gasteiger partial charge in [-0.1, -0.05) is 18.2 Å². The number of imidazole rings is 1. The minimum absolute atomic E-state index is 0. The largest absolute Gasteiger partial charge is 0.326 e. The van der Waals surface area contributed by atoms with Crippen LogP contribution in [0.25, 0.3) is 16.2 Å². The van der Waals surface area contributed by atoms with Crippen molar-refractivity contribution < 1.29 is 9.18 Å². The average molecular weight is 430 g/mol. The van der Waals surface area contributed by atoms with Gasteiger partial charge in [0.1, 0.15) is 5.82 Å². The average Bonchev–Trinajstić information content (AvgIpc) is 3.23. The van der Waals surface area contributed by atoms with E-state index >= 15 is 0 Å². The molecule has 2 heterocycles. The van der Waals surface area contributed by atoms with E-state index in [1.54, 1.807) is 19.1 Å². The summed E-state index contributed by atoms with van der Waals surface area (Å²) < 4.78 is 15.6. The smallest absolute Gasteiger partial charge is 0.230 e. The maximum absolute atomic E-state index is 13.7. The van der Waals surface area contributed by atoms with Crippen LogP contribution in [0.2, 0.25) is 0 Å². The molecule has 7 heteroatoms. The molecule has 2 aromatic carbocycles. The Kier molecular flexibility index (Phi) is 6.05. The minimum atomic E-state index is -0.330. The van der Waals surface area contributed by atoms with Gasteiger partial charge in [0.25, 0.3) is 0 Å². The first-order valence-electron chi connectivity index (χ1n) is 9.00. The number of aromatic nitrogens is 2. The highest BCUT2D eigenvalue weighted by molar-refractivity contribution is 7.15. The van der Waals surface area contributed by atoms with E-state index in [0.717, 1.165) is 21.9 Å². The number of hydrogen-bond donors (Lipinski definition) is 1. The van der Waals surface area contributed by atoms with E-state index in [4.69, 9.17) is 0 Å². The number of halogens is 2. The Balaban J connectivity index is 0.00000240. The van der Waals surface area contributed by atoms with Gasteiger partial charge in [-0.3, -0.25) is 9.20 Å².